The maximum Gasteiger partial charge on any atom is 0.472 e. The van der Waals surface area contributed by atoms with Crippen molar-refractivity contribution >= 4 is 39.5 Å². The normalized spacial score (nSPS) is 14.2. The second kappa shape index (κ2) is 57.2. The summed E-state index contributed by atoms with van der Waals surface area (Å²) < 4.78 is 67.6. The predicted octanol–water partition coefficient (Wildman–Crippen LogP) is 17.2. The zero-order valence-corrected chi connectivity index (χ0v) is 53.5. The van der Waals surface area contributed by atoms with Gasteiger partial charge >= 0.3 is 39.5 Å². The maximum absolute atomic E-state index is 13.0. The number of aliphatic hydroxyl groups is 1. The SMILES string of the molecule is CCCCCCCCCCCCCCCCCCCCCC(=O)O[C@H](COC(=O)CCCCCCCCCCCC)COP(=O)(O)OC[C@@H](O)COP(=O)(O)OC[C@@H](COC(=O)CCCCCCC)OC(=O)CCCCCCCCC. The monoisotopic (exact) mass is 1200 g/mol. The summed E-state index contributed by atoms with van der Waals surface area (Å²) in [5, 5.41) is 10.5. The molecule has 0 bridgehead atoms. The third-order valence-electron chi connectivity index (χ3n) is 14.4. The van der Waals surface area contributed by atoms with Gasteiger partial charge in [0, 0.05) is 25.7 Å². The van der Waals surface area contributed by atoms with Gasteiger partial charge in [0.1, 0.15) is 19.3 Å². The van der Waals surface area contributed by atoms with Crippen LogP contribution >= 0.6 is 15.6 Å². The molecule has 2 unspecified atom stereocenters. The lowest BCUT2D eigenvalue weighted by Crippen LogP contribution is -2.30. The van der Waals surface area contributed by atoms with Crippen LogP contribution in [0.1, 0.15) is 317 Å². The van der Waals surface area contributed by atoms with Gasteiger partial charge in [-0.3, -0.25) is 37.3 Å². The molecule has 0 saturated heterocycles. The number of aliphatic hydroxyl groups excluding tert-OH is 1. The molecule has 0 amide bonds. The number of phosphoric ester groups is 2. The number of ether oxygens (including phenoxy) is 4. The van der Waals surface area contributed by atoms with E-state index in [-0.39, 0.29) is 25.7 Å². The summed E-state index contributed by atoms with van der Waals surface area (Å²) in [6, 6.07) is 0. The van der Waals surface area contributed by atoms with Gasteiger partial charge in [0.25, 0.3) is 0 Å². The first-order valence-electron chi connectivity index (χ1n) is 32.8. The van der Waals surface area contributed by atoms with Crippen molar-refractivity contribution in [1.29, 1.82) is 0 Å². The Morgan fingerprint density at radius 2 is 0.494 bits per heavy atom. The van der Waals surface area contributed by atoms with Crippen LogP contribution in [0.2, 0.25) is 0 Å². The average Bonchev–Trinajstić information content (AvgIpc) is 3.44. The first-order chi connectivity index (χ1) is 39.2. The van der Waals surface area contributed by atoms with E-state index in [9.17, 15) is 43.2 Å². The lowest BCUT2D eigenvalue weighted by atomic mass is 10.0. The van der Waals surface area contributed by atoms with Gasteiger partial charge < -0.3 is 33.8 Å². The number of hydrogen-bond donors (Lipinski definition) is 3. The van der Waals surface area contributed by atoms with Gasteiger partial charge in [-0.25, -0.2) is 9.13 Å². The summed E-state index contributed by atoms with van der Waals surface area (Å²) in [7, 11) is -9.86. The molecule has 0 rings (SSSR count). The second-order valence-corrected chi connectivity index (χ2v) is 25.4. The van der Waals surface area contributed by atoms with Crippen molar-refractivity contribution in [3.8, 4) is 0 Å². The van der Waals surface area contributed by atoms with Crippen LogP contribution < -0.4 is 0 Å². The standard InChI is InChI=1S/C62H120O17P2/c1-5-9-13-17-20-22-24-25-26-27-28-29-30-31-32-34-37-41-45-49-62(67)79-58(53-73-60(65)47-43-39-36-33-23-21-18-14-10-6-2)55-77-81(70,71)75-51-56(63)50-74-80(68,69)76-54-57(52-72-59(64)46-42-38-16-12-8-4)78-61(66)48-44-40-35-19-15-11-7-3/h56-58,63H,5-55H2,1-4H3,(H,68,69)(H,70,71)/t56-,57+,58+/m0/s1. The smallest absolute Gasteiger partial charge is 0.462 e. The van der Waals surface area contributed by atoms with Crippen molar-refractivity contribution in [3.05, 3.63) is 0 Å². The highest BCUT2D eigenvalue weighted by Crippen LogP contribution is 2.45. The average molecular weight is 1200 g/mol. The molecule has 0 saturated carbocycles. The van der Waals surface area contributed by atoms with E-state index in [1.165, 1.54) is 128 Å². The molecule has 0 fully saturated rings. The molecule has 0 heterocycles. The van der Waals surface area contributed by atoms with E-state index >= 15 is 0 Å². The zero-order valence-electron chi connectivity index (χ0n) is 51.7. The van der Waals surface area contributed by atoms with E-state index in [4.69, 9.17) is 37.0 Å². The predicted molar refractivity (Wildman–Crippen MR) is 322 cm³/mol. The molecule has 0 aromatic rings. The molecule has 0 spiro atoms. The van der Waals surface area contributed by atoms with Gasteiger partial charge in [-0.2, -0.15) is 0 Å². The molecule has 0 aliphatic carbocycles. The van der Waals surface area contributed by atoms with E-state index in [2.05, 4.69) is 27.7 Å². The topological polar surface area (TPSA) is 237 Å². The Labute approximate surface area is 492 Å². The van der Waals surface area contributed by atoms with Crippen molar-refractivity contribution in [3.63, 3.8) is 0 Å². The van der Waals surface area contributed by atoms with E-state index in [1.54, 1.807) is 0 Å². The highest BCUT2D eigenvalue weighted by molar-refractivity contribution is 7.47. The minimum atomic E-state index is -4.94. The van der Waals surface area contributed by atoms with Crippen LogP contribution in [0.15, 0.2) is 0 Å². The number of hydrogen-bond acceptors (Lipinski definition) is 15. The molecule has 3 N–H and O–H groups in total. The van der Waals surface area contributed by atoms with Crippen molar-refractivity contribution in [2.45, 2.75) is 335 Å². The fraction of sp³-hybridized carbons (Fsp3) is 0.935. The molecule has 480 valence electrons. The lowest BCUT2D eigenvalue weighted by molar-refractivity contribution is -0.161. The van der Waals surface area contributed by atoms with Gasteiger partial charge in [-0.05, 0) is 25.7 Å². The first kappa shape index (κ1) is 79.1. The number of carbonyl (C=O) groups is 4. The van der Waals surface area contributed by atoms with Gasteiger partial charge in [0.05, 0.1) is 26.4 Å². The molecule has 0 aromatic heterocycles. The van der Waals surface area contributed by atoms with E-state index < -0.39 is 97.5 Å². The van der Waals surface area contributed by atoms with Gasteiger partial charge in [0.2, 0.25) is 0 Å². The quantitative estimate of drug-likeness (QED) is 0.0222. The highest BCUT2D eigenvalue weighted by Gasteiger charge is 2.30. The largest absolute Gasteiger partial charge is 0.472 e. The Morgan fingerprint density at radius 3 is 0.728 bits per heavy atom. The van der Waals surface area contributed by atoms with Gasteiger partial charge in [-0.15, -0.1) is 0 Å². The van der Waals surface area contributed by atoms with Crippen molar-refractivity contribution in [2.75, 3.05) is 39.6 Å². The number of rotatable bonds is 63. The van der Waals surface area contributed by atoms with E-state index in [1.807, 2.05) is 0 Å². The maximum atomic E-state index is 13.0. The fourth-order valence-corrected chi connectivity index (χ4v) is 10.9. The zero-order chi connectivity index (χ0) is 59.8. The summed E-state index contributed by atoms with van der Waals surface area (Å²) >= 11 is 0. The minimum absolute atomic E-state index is 0.103. The van der Waals surface area contributed by atoms with Crippen LogP contribution in [0.5, 0.6) is 0 Å². The Bertz CT molecular complexity index is 1570. The van der Waals surface area contributed by atoms with Crippen molar-refractivity contribution in [1.82, 2.24) is 0 Å². The summed E-state index contributed by atoms with van der Waals surface area (Å²) in [5.74, 6) is -2.15. The Balaban J connectivity index is 5.08. The number of unbranched alkanes of at least 4 members (excludes halogenated alkanes) is 37. The van der Waals surface area contributed by atoms with Crippen LogP contribution in [0.3, 0.4) is 0 Å². The molecular weight excluding hydrogens is 1080 g/mol. The van der Waals surface area contributed by atoms with Gasteiger partial charge in [0.15, 0.2) is 12.2 Å². The molecule has 0 aromatic carbocycles. The Kier molecular flexibility index (Phi) is 55.8. The second-order valence-electron chi connectivity index (χ2n) is 22.4. The van der Waals surface area contributed by atoms with Gasteiger partial charge in [-0.1, -0.05) is 265 Å². The number of carbonyl (C=O) groups excluding carboxylic acids is 4. The third-order valence-corrected chi connectivity index (χ3v) is 16.3. The van der Waals surface area contributed by atoms with Crippen LogP contribution in [-0.4, -0.2) is 96.7 Å². The highest BCUT2D eigenvalue weighted by atomic mass is 31.2. The van der Waals surface area contributed by atoms with Crippen LogP contribution in [0.25, 0.3) is 0 Å². The lowest BCUT2D eigenvalue weighted by Gasteiger charge is -2.21. The minimum Gasteiger partial charge on any atom is -0.462 e. The number of esters is 4. The molecule has 0 aliphatic heterocycles. The molecule has 5 atom stereocenters. The Morgan fingerprint density at radius 1 is 0.296 bits per heavy atom. The number of phosphoric acid groups is 2. The molecule has 0 aliphatic rings. The van der Waals surface area contributed by atoms with Crippen LogP contribution in [-0.2, 0) is 65.4 Å². The molecule has 17 nitrogen and oxygen atoms in total. The van der Waals surface area contributed by atoms with E-state index in [0.29, 0.717) is 25.7 Å². The molecule has 81 heavy (non-hydrogen) atoms. The summed E-state index contributed by atoms with van der Waals surface area (Å²) in [5.41, 5.74) is 0. The van der Waals surface area contributed by atoms with Crippen molar-refractivity contribution < 1.29 is 80.2 Å². The van der Waals surface area contributed by atoms with Crippen LogP contribution in [0.4, 0.5) is 0 Å². The molecule has 0 radical (unpaired) electrons. The first-order valence-corrected chi connectivity index (χ1v) is 35.8. The van der Waals surface area contributed by atoms with E-state index in [0.717, 1.165) is 109 Å². The Hall–Kier alpha value is -1.94. The third kappa shape index (κ3) is 56.9. The molecule has 19 heteroatoms. The summed E-state index contributed by atoms with van der Waals surface area (Å²) in [4.78, 5) is 71.7. The van der Waals surface area contributed by atoms with Crippen LogP contribution in [0, 0.1) is 0 Å². The fourth-order valence-electron chi connectivity index (χ4n) is 9.28. The molecular formula is C62H120O17P2. The van der Waals surface area contributed by atoms with Crippen molar-refractivity contribution in [2.24, 2.45) is 0 Å². The summed E-state index contributed by atoms with van der Waals surface area (Å²) in [6.45, 7) is 4.74. The summed E-state index contributed by atoms with van der Waals surface area (Å²) in [6.07, 6.45) is 42.3.